The monoisotopic (exact) mass is 332 g/mol. The highest BCUT2D eigenvalue weighted by atomic mass is 16.5. The summed E-state index contributed by atoms with van der Waals surface area (Å²) in [4.78, 5) is 22.7. The molecule has 0 radical (unpaired) electrons. The molecule has 0 fully saturated rings. The lowest BCUT2D eigenvalue weighted by atomic mass is 9.91. The van der Waals surface area contributed by atoms with Gasteiger partial charge in [-0.2, -0.15) is 0 Å². The molecule has 1 amide bonds. The van der Waals surface area contributed by atoms with E-state index in [2.05, 4.69) is 10.6 Å². The number of carbonyl (C=O) groups excluding carboxylic acids is 1. The smallest absolute Gasteiger partial charge is 0.370 e. The summed E-state index contributed by atoms with van der Waals surface area (Å²) in [5, 5.41) is 43.6. The van der Waals surface area contributed by atoms with Crippen molar-refractivity contribution in [2.75, 3.05) is 6.61 Å². The van der Waals surface area contributed by atoms with Gasteiger partial charge < -0.3 is 35.8 Å². The summed E-state index contributed by atoms with van der Waals surface area (Å²) in [5.74, 6) is -2.14. The van der Waals surface area contributed by atoms with Crippen LogP contribution in [-0.2, 0) is 14.3 Å². The number of rotatable bonds is 7. The SMILES string of the molecule is CC(=O)N[C@H]1[C@H]([C@H](O)C(O)CO)OC(C(=O)O)=C[C@@H]1NC(C)C. The molecule has 9 heteroatoms. The summed E-state index contributed by atoms with van der Waals surface area (Å²) in [7, 11) is 0. The predicted molar refractivity (Wildman–Crippen MR) is 79.4 cm³/mol. The molecule has 0 aromatic rings. The van der Waals surface area contributed by atoms with Crippen LogP contribution in [0, 0.1) is 0 Å². The molecule has 0 aromatic heterocycles. The number of aliphatic carboxylic acids is 1. The van der Waals surface area contributed by atoms with E-state index < -0.39 is 54.6 Å². The van der Waals surface area contributed by atoms with Crippen molar-refractivity contribution in [1.29, 1.82) is 0 Å². The average molecular weight is 332 g/mol. The maximum Gasteiger partial charge on any atom is 0.370 e. The molecule has 5 atom stereocenters. The molecule has 9 nitrogen and oxygen atoms in total. The van der Waals surface area contributed by atoms with Gasteiger partial charge in [-0.3, -0.25) is 4.79 Å². The van der Waals surface area contributed by atoms with Gasteiger partial charge in [-0.05, 0) is 6.08 Å². The van der Waals surface area contributed by atoms with Crippen molar-refractivity contribution >= 4 is 11.9 Å². The number of ether oxygens (including phenoxy) is 1. The van der Waals surface area contributed by atoms with Crippen LogP contribution >= 0.6 is 0 Å². The van der Waals surface area contributed by atoms with Gasteiger partial charge in [0.05, 0.1) is 18.7 Å². The lowest BCUT2D eigenvalue weighted by molar-refractivity contribution is -0.146. The second-order valence-electron chi connectivity index (χ2n) is 5.73. The van der Waals surface area contributed by atoms with Crippen LogP contribution in [0.15, 0.2) is 11.8 Å². The maximum atomic E-state index is 11.4. The van der Waals surface area contributed by atoms with E-state index in [4.69, 9.17) is 14.9 Å². The Morgan fingerprint density at radius 2 is 1.96 bits per heavy atom. The highest BCUT2D eigenvalue weighted by molar-refractivity contribution is 5.84. The lowest BCUT2D eigenvalue weighted by Gasteiger charge is -2.40. The summed E-state index contributed by atoms with van der Waals surface area (Å²) in [6, 6.07) is -1.50. The number of hydrogen-bond acceptors (Lipinski definition) is 7. The van der Waals surface area contributed by atoms with Crippen molar-refractivity contribution in [2.45, 2.75) is 57.2 Å². The Kier molecular flexibility index (Phi) is 6.95. The van der Waals surface area contributed by atoms with Crippen molar-refractivity contribution in [1.82, 2.24) is 10.6 Å². The molecular formula is C14H24N2O7. The van der Waals surface area contributed by atoms with Crippen molar-refractivity contribution in [3.63, 3.8) is 0 Å². The lowest BCUT2D eigenvalue weighted by Crippen LogP contribution is -2.63. The van der Waals surface area contributed by atoms with Crippen LogP contribution in [0.3, 0.4) is 0 Å². The highest BCUT2D eigenvalue weighted by Gasteiger charge is 2.43. The molecule has 0 bridgehead atoms. The zero-order chi connectivity index (χ0) is 17.7. The molecule has 1 unspecified atom stereocenters. The average Bonchev–Trinajstić information content (AvgIpc) is 2.45. The summed E-state index contributed by atoms with van der Waals surface area (Å²) in [6.45, 7) is 4.21. The quantitative estimate of drug-likeness (QED) is 0.312. The first-order valence-corrected chi connectivity index (χ1v) is 7.29. The Bertz CT molecular complexity index is 466. The van der Waals surface area contributed by atoms with Crippen LogP contribution in [0.25, 0.3) is 0 Å². The number of amides is 1. The van der Waals surface area contributed by atoms with E-state index in [-0.39, 0.29) is 6.04 Å². The molecule has 1 rings (SSSR count). The van der Waals surface area contributed by atoms with Crippen LogP contribution in [0.5, 0.6) is 0 Å². The van der Waals surface area contributed by atoms with Gasteiger partial charge in [-0.25, -0.2) is 4.79 Å². The zero-order valence-electron chi connectivity index (χ0n) is 13.3. The molecule has 0 aromatic carbocycles. The second-order valence-corrected chi connectivity index (χ2v) is 5.73. The van der Waals surface area contributed by atoms with Gasteiger partial charge in [0.25, 0.3) is 0 Å². The molecule has 1 aliphatic rings. The van der Waals surface area contributed by atoms with E-state index >= 15 is 0 Å². The first kappa shape index (κ1) is 19.4. The minimum atomic E-state index is -1.59. The number of hydrogen-bond donors (Lipinski definition) is 6. The summed E-state index contributed by atoms with van der Waals surface area (Å²) in [6.07, 6.45) is -3.06. The molecule has 6 N–H and O–H groups in total. The van der Waals surface area contributed by atoms with Crippen LogP contribution in [0.2, 0.25) is 0 Å². The van der Waals surface area contributed by atoms with Crippen LogP contribution in [-0.4, -0.2) is 75.3 Å². The molecule has 0 spiro atoms. The number of carboxylic acid groups (broad SMARTS) is 1. The van der Waals surface area contributed by atoms with Gasteiger partial charge in [-0.1, -0.05) is 13.8 Å². The van der Waals surface area contributed by atoms with E-state index in [9.17, 15) is 19.8 Å². The summed E-state index contributed by atoms with van der Waals surface area (Å²) in [5.41, 5.74) is 0. The van der Waals surface area contributed by atoms with Crippen molar-refractivity contribution in [2.24, 2.45) is 0 Å². The van der Waals surface area contributed by atoms with Gasteiger partial charge in [0, 0.05) is 13.0 Å². The third-order valence-corrected chi connectivity index (χ3v) is 3.36. The van der Waals surface area contributed by atoms with Crippen molar-refractivity contribution < 1.29 is 34.8 Å². The predicted octanol–water partition coefficient (Wildman–Crippen LogP) is -2.06. The van der Waals surface area contributed by atoms with E-state index in [0.29, 0.717) is 0 Å². The molecule has 1 heterocycles. The normalized spacial score (nSPS) is 26.9. The Hall–Kier alpha value is -1.68. The van der Waals surface area contributed by atoms with E-state index in [1.807, 2.05) is 13.8 Å². The summed E-state index contributed by atoms with van der Waals surface area (Å²) >= 11 is 0. The van der Waals surface area contributed by atoms with E-state index in [1.54, 1.807) is 0 Å². The number of aliphatic hydroxyl groups excluding tert-OH is 3. The van der Waals surface area contributed by atoms with Gasteiger partial charge in [0.15, 0.2) is 0 Å². The molecule has 0 saturated carbocycles. The largest absolute Gasteiger partial charge is 0.478 e. The molecular weight excluding hydrogens is 308 g/mol. The first-order valence-electron chi connectivity index (χ1n) is 7.29. The molecule has 0 aliphatic carbocycles. The minimum absolute atomic E-state index is 0.0405. The fraction of sp³-hybridized carbons (Fsp3) is 0.714. The van der Waals surface area contributed by atoms with E-state index in [0.717, 1.165) is 0 Å². The van der Waals surface area contributed by atoms with Gasteiger partial charge >= 0.3 is 5.97 Å². The maximum absolute atomic E-state index is 11.4. The molecule has 1 aliphatic heterocycles. The van der Waals surface area contributed by atoms with E-state index in [1.165, 1.54) is 13.0 Å². The molecule has 132 valence electrons. The number of carboxylic acids is 1. The molecule has 23 heavy (non-hydrogen) atoms. The van der Waals surface area contributed by atoms with Crippen molar-refractivity contribution in [3.8, 4) is 0 Å². The number of nitrogens with one attached hydrogen (secondary N) is 2. The third-order valence-electron chi connectivity index (χ3n) is 3.36. The topological polar surface area (TPSA) is 148 Å². The van der Waals surface area contributed by atoms with Gasteiger partial charge in [0.1, 0.15) is 18.3 Å². The van der Waals surface area contributed by atoms with Crippen molar-refractivity contribution in [3.05, 3.63) is 11.8 Å². The standard InChI is InChI=1S/C14H24N2O7/c1-6(2)15-8-4-10(14(21)22)23-13(11(8)16-7(3)18)12(20)9(19)5-17/h4,6,8-9,11-13,15,17,19-20H,5H2,1-3H3,(H,16,18)(H,21,22)/t8-,9?,11+,12+,13+/m0/s1. The van der Waals surface area contributed by atoms with Crippen LogP contribution in [0.4, 0.5) is 0 Å². The fourth-order valence-corrected chi connectivity index (χ4v) is 2.40. The Morgan fingerprint density at radius 3 is 2.39 bits per heavy atom. The second kappa shape index (κ2) is 8.25. The van der Waals surface area contributed by atoms with Gasteiger partial charge in [0.2, 0.25) is 11.7 Å². The summed E-state index contributed by atoms with van der Waals surface area (Å²) < 4.78 is 5.24. The van der Waals surface area contributed by atoms with Gasteiger partial charge in [-0.15, -0.1) is 0 Å². The number of carbonyl (C=O) groups is 2. The van der Waals surface area contributed by atoms with Crippen LogP contribution < -0.4 is 10.6 Å². The third kappa shape index (κ3) is 5.17. The Balaban J connectivity index is 3.19. The molecule has 0 saturated heterocycles. The Labute approximate surface area is 134 Å². The number of aliphatic hydroxyl groups is 3. The fourth-order valence-electron chi connectivity index (χ4n) is 2.40. The Morgan fingerprint density at radius 1 is 1.35 bits per heavy atom. The minimum Gasteiger partial charge on any atom is -0.478 e. The highest BCUT2D eigenvalue weighted by Crippen LogP contribution is 2.23. The first-order chi connectivity index (χ1) is 10.7. The zero-order valence-corrected chi connectivity index (χ0v) is 13.3. The van der Waals surface area contributed by atoms with Crippen LogP contribution in [0.1, 0.15) is 20.8 Å².